The first-order valence-corrected chi connectivity index (χ1v) is 8.40. The maximum absolute atomic E-state index is 13.0. The highest BCUT2D eigenvalue weighted by molar-refractivity contribution is 6.31. The third kappa shape index (κ3) is 2.18. The number of hydrogen-bond acceptors (Lipinski definition) is 4. The molecule has 25 heavy (non-hydrogen) atoms. The summed E-state index contributed by atoms with van der Waals surface area (Å²) in [7, 11) is 0. The van der Waals surface area contributed by atoms with Gasteiger partial charge in [0.25, 0.3) is 0 Å². The minimum absolute atomic E-state index is 0.0530. The van der Waals surface area contributed by atoms with Gasteiger partial charge in [-0.25, -0.2) is 0 Å². The average molecular weight is 353 g/mol. The average Bonchev–Trinajstić information content (AvgIpc) is 3.13. The Morgan fingerprint density at radius 2 is 1.84 bits per heavy atom. The van der Waals surface area contributed by atoms with Gasteiger partial charge in [-0.1, -0.05) is 41.9 Å². The zero-order valence-electron chi connectivity index (χ0n) is 13.0. The molecule has 124 valence electrons. The molecule has 4 nitrogen and oxygen atoms in total. The standard InChI is InChI=1S/C20H13ClO4/c21-12-6-7-15-14(10-12)16(22)19-20(24-15)18-13(8-9-23-18)17(25-19)11-4-2-1-3-5-11/h1-10,13,17-18H/t13-,17+,18-/m1/s1. The summed E-state index contributed by atoms with van der Waals surface area (Å²) in [5, 5.41) is 0.884. The lowest BCUT2D eigenvalue weighted by molar-refractivity contribution is 0.0159. The van der Waals surface area contributed by atoms with Crippen molar-refractivity contribution in [3.05, 3.63) is 87.4 Å². The van der Waals surface area contributed by atoms with Gasteiger partial charge in [-0.05, 0) is 29.8 Å². The second-order valence-corrected chi connectivity index (χ2v) is 6.61. The number of ether oxygens (including phenoxy) is 2. The number of benzene rings is 2. The summed E-state index contributed by atoms with van der Waals surface area (Å²) in [4.78, 5) is 13.0. The van der Waals surface area contributed by atoms with Gasteiger partial charge in [-0.3, -0.25) is 4.79 Å². The second-order valence-electron chi connectivity index (χ2n) is 6.18. The normalized spacial score (nSPS) is 23.6. The summed E-state index contributed by atoms with van der Waals surface area (Å²) in [6.45, 7) is 0. The van der Waals surface area contributed by atoms with Gasteiger partial charge in [0.1, 0.15) is 11.7 Å². The Kier molecular flexibility index (Phi) is 3.15. The Hall–Kier alpha value is -2.72. The van der Waals surface area contributed by atoms with Crippen LogP contribution in [0.5, 0.6) is 5.75 Å². The molecule has 0 radical (unpaired) electrons. The molecule has 0 spiro atoms. The maximum atomic E-state index is 13.0. The summed E-state index contributed by atoms with van der Waals surface area (Å²) in [5.74, 6) is 0.582. The lowest BCUT2D eigenvalue weighted by Crippen LogP contribution is -2.30. The van der Waals surface area contributed by atoms with Crippen LogP contribution < -0.4 is 10.2 Å². The summed E-state index contributed by atoms with van der Waals surface area (Å²) in [6, 6.07) is 14.8. The van der Waals surface area contributed by atoms with Crippen LogP contribution >= 0.6 is 11.6 Å². The summed E-state index contributed by atoms with van der Waals surface area (Å²) in [5.41, 5.74) is 1.24. The highest BCUT2D eigenvalue weighted by Gasteiger charge is 2.44. The minimum atomic E-state index is -0.373. The first-order valence-electron chi connectivity index (χ1n) is 8.02. The van der Waals surface area contributed by atoms with Gasteiger partial charge in [0.05, 0.1) is 17.6 Å². The third-order valence-electron chi connectivity index (χ3n) is 4.69. The van der Waals surface area contributed by atoms with E-state index in [9.17, 15) is 4.79 Å². The molecule has 3 aromatic rings. The predicted octanol–water partition coefficient (Wildman–Crippen LogP) is 4.78. The van der Waals surface area contributed by atoms with Crippen LogP contribution in [0.25, 0.3) is 11.0 Å². The van der Waals surface area contributed by atoms with Crippen molar-refractivity contribution in [2.45, 2.75) is 12.2 Å². The minimum Gasteiger partial charge on any atom is -0.489 e. The van der Waals surface area contributed by atoms with Crippen LogP contribution in [-0.4, -0.2) is 0 Å². The molecule has 5 heteroatoms. The van der Waals surface area contributed by atoms with Crippen molar-refractivity contribution in [3.8, 4) is 5.75 Å². The molecule has 3 atom stereocenters. The highest BCUT2D eigenvalue weighted by Crippen LogP contribution is 2.49. The Morgan fingerprint density at radius 3 is 2.68 bits per heavy atom. The van der Waals surface area contributed by atoms with E-state index in [-0.39, 0.29) is 29.3 Å². The lowest BCUT2D eigenvalue weighted by Gasteiger charge is -2.33. The highest BCUT2D eigenvalue weighted by atomic mass is 35.5. The van der Waals surface area contributed by atoms with E-state index in [1.165, 1.54) is 0 Å². The summed E-state index contributed by atoms with van der Waals surface area (Å²) < 4.78 is 17.8. The van der Waals surface area contributed by atoms with E-state index < -0.39 is 0 Å². The quantitative estimate of drug-likeness (QED) is 0.632. The fourth-order valence-electron chi connectivity index (χ4n) is 3.51. The van der Waals surface area contributed by atoms with Gasteiger partial charge in [-0.15, -0.1) is 0 Å². The Labute approximate surface area is 148 Å². The van der Waals surface area contributed by atoms with Crippen LogP contribution in [0, 0.1) is 5.92 Å². The molecular formula is C20H13ClO4. The maximum Gasteiger partial charge on any atom is 0.235 e. The molecule has 0 aliphatic carbocycles. The van der Waals surface area contributed by atoms with Crippen molar-refractivity contribution in [1.29, 1.82) is 0 Å². The fourth-order valence-corrected chi connectivity index (χ4v) is 3.69. The predicted molar refractivity (Wildman–Crippen MR) is 93.8 cm³/mol. The molecule has 0 unspecified atom stereocenters. The SMILES string of the molecule is O=c1c2c(oc3ccc(Cl)cc13)[C@@H]1OC=C[C@@H]1[C@H](c1ccccc1)O2. The molecule has 2 aliphatic rings. The van der Waals surface area contributed by atoms with Crippen LogP contribution in [0.2, 0.25) is 5.02 Å². The van der Waals surface area contributed by atoms with Crippen LogP contribution in [0.15, 0.2) is 70.1 Å². The fraction of sp³-hybridized carbons (Fsp3) is 0.150. The van der Waals surface area contributed by atoms with Crippen LogP contribution in [0.3, 0.4) is 0 Å². The van der Waals surface area contributed by atoms with Crippen LogP contribution in [0.1, 0.15) is 23.5 Å². The topological polar surface area (TPSA) is 48.7 Å². The number of rotatable bonds is 1. The molecule has 0 fully saturated rings. The van der Waals surface area contributed by atoms with Gasteiger partial charge in [0, 0.05) is 5.02 Å². The van der Waals surface area contributed by atoms with Crippen molar-refractivity contribution >= 4 is 22.6 Å². The summed E-state index contributed by atoms with van der Waals surface area (Å²) >= 11 is 6.03. The smallest absolute Gasteiger partial charge is 0.235 e. The molecule has 0 N–H and O–H groups in total. The molecule has 2 aromatic carbocycles. The van der Waals surface area contributed by atoms with E-state index in [2.05, 4.69) is 0 Å². The number of fused-ring (bicyclic) bond motifs is 4. The van der Waals surface area contributed by atoms with E-state index >= 15 is 0 Å². The lowest BCUT2D eigenvalue weighted by atomic mass is 9.87. The van der Waals surface area contributed by atoms with Crippen molar-refractivity contribution < 1.29 is 13.9 Å². The summed E-state index contributed by atoms with van der Waals surface area (Å²) in [6.07, 6.45) is 2.92. The molecule has 0 saturated carbocycles. The molecule has 0 saturated heterocycles. The molecule has 0 amide bonds. The van der Waals surface area contributed by atoms with E-state index in [1.807, 2.05) is 36.4 Å². The van der Waals surface area contributed by atoms with Crippen molar-refractivity contribution in [3.63, 3.8) is 0 Å². The molecule has 3 heterocycles. The molecule has 2 aliphatic heterocycles. The number of halogens is 1. The zero-order chi connectivity index (χ0) is 17.0. The molecule has 0 bridgehead atoms. The van der Waals surface area contributed by atoms with Crippen LogP contribution in [0.4, 0.5) is 0 Å². The largest absolute Gasteiger partial charge is 0.489 e. The van der Waals surface area contributed by atoms with Gasteiger partial charge in [0.2, 0.25) is 11.2 Å². The second kappa shape index (κ2) is 5.39. The van der Waals surface area contributed by atoms with E-state index in [1.54, 1.807) is 24.5 Å². The Morgan fingerprint density at radius 1 is 1.00 bits per heavy atom. The van der Waals surface area contributed by atoms with Gasteiger partial charge >= 0.3 is 0 Å². The monoisotopic (exact) mass is 352 g/mol. The van der Waals surface area contributed by atoms with Gasteiger partial charge in [0.15, 0.2) is 11.9 Å². The van der Waals surface area contributed by atoms with E-state index in [0.717, 1.165) is 5.56 Å². The molecule has 5 rings (SSSR count). The first-order chi connectivity index (χ1) is 12.2. The van der Waals surface area contributed by atoms with Crippen molar-refractivity contribution in [2.75, 3.05) is 0 Å². The van der Waals surface area contributed by atoms with E-state index in [4.69, 9.17) is 25.5 Å². The molecule has 1 aromatic heterocycles. The van der Waals surface area contributed by atoms with Crippen molar-refractivity contribution in [1.82, 2.24) is 0 Å². The Balaban J connectivity index is 1.73. The Bertz CT molecular complexity index is 1050. The van der Waals surface area contributed by atoms with E-state index in [0.29, 0.717) is 21.8 Å². The number of hydrogen-bond donors (Lipinski definition) is 0. The van der Waals surface area contributed by atoms with Gasteiger partial charge < -0.3 is 13.9 Å². The van der Waals surface area contributed by atoms with Crippen molar-refractivity contribution in [2.24, 2.45) is 5.92 Å². The third-order valence-corrected chi connectivity index (χ3v) is 4.93. The van der Waals surface area contributed by atoms with Gasteiger partial charge in [-0.2, -0.15) is 0 Å². The zero-order valence-corrected chi connectivity index (χ0v) is 13.8. The first kappa shape index (κ1) is 14.6. The van der Waals surface area contributed by atoms with Crippen LogP contribution in [-0.2, 0) is 4.74 Å². The molecular weight excluding hydrogens is 340 g/mol.